The van der Waals surface area contributed by atoms with Crippen LogP contribution in [0, 0.1) is 5.92 Å². The van der Waals surface area contributed by atoms with Crippen LogP contribution in [-0.2, 0) is 9.59 Å². The first-order chi connectivity index (χ1) is 8.13. The highest BCUT2D eigenvalue weighted by atomic mass is 16.4. The highest BCUT2D eigenvalue weighted by Gasteiger charge is 2.20. The number of aliphatic carboxylic acids is 1. The van der Waals surface area contributed by atoms with Crippen LogP contribution in [-0.4, -0.2) is 34.7 Å². The Morgan fingerprint density at radius 1 is 1.24 bits per heavy atom. The minimum Gasteiger partial charge on any atom is -0.480 e. The minimum atomic E-state index is -1.20. The Morgan fingerprint density at radius 3 is 2.41 bits per heavy atom. The lowest BCUT2D eigenvalue weighted by molar-refractivity contribution is -0.143. The number of aliphatic hydroxyl groups is 1. The van der Waals surface area contributed by atoms with E-state index in [9.17, 15) is 9.59 Å². The van der Waals surface area contributed by atoms with Gasteiger partial charge in [-0.05, 0) is 12.3 Å². The van der Waals surface area contributed by atoms with Crippen LogP contribution in [0.5, 0.6) is 0 Å². The first kappa shape index (κ1) is 14.0. The number of rotatable bonds is 6. The van der Waals surface area contributed by atoms with Crippen molar-refractivity contribution in [1.82, 2.24) is 5.32 Å². The van der Waals surface area contributed by atoms with Crippen LogP contribution in [0.15, 0.2) is 0 Å². The quantitative estimate of drug-likeness (QED) is 0.647. The van der Waals surface area contributed by atoms with Gasteiger partial charge in [-0.25, -0.2) is 4.79 Å². The van der Waals surface area contributed by atoms with E-state index in [1.54, 1.807) is 0 Å². The summed E-state index contributed by atoms with van der Waals surface area (Å²) >= 11 is 0. The van der Waals surface area contributed by atoms with Gasteiger partial charge in [-0.15, -0.1) is 0 Å². The van der Waals surface area contributed by atoms with Crippen LogP contribution in [0.3, 0.4) is 0 Å². The minimum absolute atomic E-state index is 0.281. The van der Waals surface area contributed by atoms with Gasteiger partial charge in [0, 0.05) is 6.42 Å². The second-order valence-electron chi connectivity index (χ2n) is 4.68. The summed E-state index contributed by atoms with van der Waals surface area (Å²) in [5, 5.41) is 19.7. The topological polar surface area (TPSA) is 86.6 Å². The van der Waals surface area contributed by atoms with E-state index >= 15 is 0 Å². The van der Waals surface area contributed by atoms with Gasteiger partial charge in [0.05, 0.1) is 6.61 Å². The second kappa shape index (κ2) is 7.27. The van der Waals surface area contributed by atoms with Crippen LogP contribution < -0.4 is 5.32 Å². The van der Waals surface area contributed by atoms with Crippen LogP contribution in [0.1, 0.15) is 44.9 Å². The van der Waals surface area contributed by atoms with E-state index in [0.717, 1.165) is 6.42 Å². The summed E-state index contributed by atoms with van der Waals surface area (Å²) in [7, 11) is 0. The van der Waals surface area contributed by atoms with Crippen LogP contribution in [0.4, 0.5) is 0 Å². The fraction of sp³-hybridized carbons (Fsp3) is 0.833. The van der Waals surface area contributed by atoms with Crippen molar-refractivity contribution in [3.63, 3.8) is 0 Å². The van der Waals surface area contributed by atoms with E-state index in [2.05, 4.69) is 5.32 Å². The molecule has 0 aromatic carbocycles. The third kappa shape index (κ3) is 5.17. The highest BCUT2D eigenvalue weighted by Crippen LogP contribution is 2.27. The number of aliphatic hydroxyl groups excluding tert-OH is 1. The van der Waals surface area contributed by atoms with E-state index in [0.29, 0.717) is 12.3 Å². The number of carboxylic acids is 1. The maximum Gasteiger partial charge on any atom is 0.328 e. The van der Waals surface area contributed by atoms with E-state index in [1.807, 2.05) is 0 Å². The smallest absolute Gasteiger partial charge is 0.328 e. The van der Waals surface area contributed by atoms with Crippen molar-refractivity contribution in [2.45, 2.75) is 51.0 Å². The zero-order valence-corrected chi connectivity index (χ0v) is 10.0. The lowest BCUT2D eigenvalue weighted by Gasteiger charge is -2.21. The molecular weight excluding hydrogens is 222 g/mol. The molecule has 0 bridgehead atoms. The van der Waals surface area contributed by atoms with Gasteiger partial charge >= 0.3 is 5.97 Å². The Hall–Kier alpha value is -1.10. The molecule has 1 fully saturated rings. The fourth-order valence-electron chi connectivity index (χ4n) is 2.26. The molecule has 0 unspecified atom stereocenters. The molecule has 0 aromatic heterocycles. The van der Waals surface area contributed by atoms with Crippen LogP contribution in [0.2, 0.25) is 0 Å². The van der Waals surface area contributed by atoms with Crippen molar-refractivity contribution in [3.8, 4) is 0 Å². The lowest BCUT2D eigenvalue weighted by atomic mass is 9.86. The predicted octanol–water partition coefficient (Wildman–Crippen LogP) is 0.909. The summed E-state index contributed by atoms with van der Waals surface area (Å²) in [6.45, 7) is -0.565. The number of carbonyl (C=O) groups excluding carboxylic acids is 1. The summed E-state index contributed by atoms with van der Waals surface area (Å²) in [5.74, 6) is -0.873. The number of hydrogen-bond donors (Lipinski definition) is 3. The molecule has 0 saturated heterocycles. The number of hydrogen-bond acceptors (Lipinski definition) is 3. The van der Waals surface area contributed by atoms with Crippen molar-refractivity contribution in [2.75, 3.05) is 6.61 Å². The third-order valence-electron chi connectivity index (χ3n) is 3.32. The van der Waals surface area contributed by atoms with Crippen LogP contribution in [0.25, 0.3) is 0 Å². The first-order valence-electron chi connectivity index (χ1n) is 6.26. The SMILES string of the molecule is O=C(CCC1CCCCC1)N[C@H](CO)C(=O)O. The molecule has 0 radical (unpaired) electrons. The van der Waals surface area contributed by atoms with Crippen molar-refractivity contribution < 1.29 is 19.8 Å². The summed E-state index contributed by atoms with van der Waals surface area (Å²) in [6.07, 6.45) is 7.29. The van der Waals surface area contributed by atoms with Crippen LogP contribution >= 0.6 is 0 Å². The Balaban J connectivity index is 2.21. The molecule has 17 heavy (non-hydrogen) atoms. The molecule has 0 spiro atoms. The highest BCUT2D eigenvalue weighted by molar-refractivity contribution is 5.83. The maximum atomic E-state index is 11.5. The molecule has 5 heteroatoms. The van der Waals surface area contributed by atoms with Gasteiger partial charge in [-0.2, -0.15) is 0 Å². The largest absolute Gasteiger partial charge is 0.480 e. The zero-order valence-electron chi connectivity index (χ0n) is 10.0. The molecule has 1 aliphatic rings. The molecule has 1 aliphatic carbocycles. The molecule has 1 amide bonds. The van der Waals surface area contributed by atoms with Crippen molar-refractivity contribution in [1.29, 1.82) is 0 Å². The van der Waals surface area contributed by atoms with Gasteiger partial charge in [0.1, 0.15) is 6.04 Å². The number of carboxylic acid groups (broad SMARTS) is 1. The van der Waals surface area contributed by atoms with Gasteiger partial charge in [0.2, 0.25) is 5.91 Å². The zero-order chi connectivity index (χ0) is 12.7. The van der Waals surface area contributed by atoms with Gasteiger partial charge < -0.3 is 15.5 Å². The molecular formula is C12H21NO4. The first-order valence-corrected chi connectivity index (χ1v) is 6.26. The van der Waals surface area contributed by atoms with E-state index < -0.39 is 18.6 Å². The summed E-state index contributed by atoms with van der Waals surface area (Å²) < 4.78 is 0. The molecule has 1 rings (SSSR count). The monoisotopic (exact) mass is 243 g/mol. The molecule has 0 aromatic rings. The van der Waals surface area contributed by atoms with Gasteiger partial charge in [-0.1, -0.05) is 32.1 Å². The number of nitrogens with one attached hydrogen (secondary N) is 1. The fourth-order valence-corrected chi connectivity index (χ4v) is 2.26. The summed E-state index contributed by atoms with van der Waals surface area (Å²) in [5.41, 5.74) is 0. The molecule has 1 atom stereocenters. The van der Waals surface area contributed by atoms with Gasteiger partial charge in [0.25, 0.3) is 0 Å². The van der Waals surface area contributed by atoms with Crippen molar-refractivity contribution >= 4 is 11.9 Å². The van der Waals surface area contributed by atoms with Gasteiger partial charge in [-0.3, -0.25) is 4.79 Å². The molecule has 5 nitrogen and oxygen atoms in total. The maximum absolute atomic E-state index is 11.5. The van der Waals surface area contributed by atoms with E-state index in [4.69, 9.17) is 10.2 Å². The van der Waals surface area contributed by atoms with E-state index in [-0.39, 0.29) is 5.91 Å². The molecule has 3 N–H and O–H groups in total. The standard InChI is InChI=1S/C12H21NO4/c14-8-10(12(16)17)13-11(15)7-6-9-4-2-1-3-5-9/h9-10,14H,1-8H2,(H,13,15)(H,16,17)/t10-/m1/s1. The molecule has 98 valence electrons. The second-order valence-corrected chi connectivity index (χ2v) is 4.68. The summed E-state index contributed by atoms with van der Waals surface area (Å²) in [4.78, 5) is 22.1. The Labute approximate surface area is 101 Å². The average Bonchev–Trinajstić information content (AvgIpc) is 2.34. The molecule has 0 aliphatic heterocycles. The van der Waals surface area contributed by atoms with Crippen molar-refractivity contribution in [3.05, 3.63) is 0 Å². The summed E-state index contributed by atoms with van der Waals surface area (Å²) in [6, 6.07) is -1.17. The Kier molecular flexibility index (Phi) is 5.97. The Morgan fingerprint density at radius 2 is 1.88 bits per heavy atom. The van der Waals surface area contributed by atoms with Crippen molar-refractivity contribution in [2.24, 2.45) is 5.92 Å². The third-order valence-corrected chi connectivity index (χ3v) is 3.32. The van der Waals surface area contributed by atoms with E-state index in [1.165, 1.54) is 32.1 Å². The average molecular weight is 243 g/mol. The van der Waals surface area contributed by atoms with Gasteiger partial charge in [0.15, 0.2) is 0 Å². The molecule has 0 heterocycles. The molecule has 1 saturated carbocycles. The predicted molar refractivity (Wildman–Crippen MR) is 62.5 cm³/mol. The lowest BCUT2D eigenvalue weighted by Crippen LogP contribution is -2.43. The normalized spacial score (nSPS) is 18.6. The number of amides is 1. The number of carbonyl (C=O) groups is 2. The Bertz CT molecular complexity index is 261.